The topological polar surface area (TPSA) is 51.2 Å². The maximum Gasteiger partial charge on any atom is 0.278 e. The van der Waals surface area contributed by atoms with Crippen LogP contribution in [0.3, 0.4) is 0 Å². The Morgan fingerprint density at radius 2 is 1.70 bits per heavy atom. The fourth-order valence-electron chi connectivity index (χ4n) is 4.94. The summed E-state index contributed by atoms with van der Waals surface area (Å²) in [6.07, 6.45) is 1.10. The molecule has 4 aromatic rings. The lowest BCUT2D eigenvalue weighted by atomic mass is 10.0. The third-order valence-corrected chi connectivity index (χ3v) is 6.35. The number of hydrogen-bond acceptors (Lipinski definition) is 3. The van der Waals surface area contributed by atoms with Crippen LogP contribution >= 0.6 is 0 Å². The van der Waals surface area contributed by atoms with Crippen LogP contribution in [-0.2, 0) is 19.6 Å². The van der Waals surface area contributed by atoms with Gasteiger partial charge >= 0.3 is 0 Å². The van der Waals surface area contributed by atoms with Crippen LogP contribution in [0, 0.1) is 20.8 Å². The number of ether oxygens (including phenoxy) is 1. The standard InChI is InChI=1S/C28H30N3O2/c1-19-16-20(2)26(21(3)17-19)31-28(30-15-9-14-25(30)29-31)27(32)23-12-7-8-13-24(23)33-18-22-10-5-4-6-11-22/h4-8,10-13,16-17,27,32H,9,14-15,18H2,1-3H3/q+1. The van der Waals surface area contributed by atoms with Crippen LogP contribution in [0.2, 0.25) is 0 Å². The van der Waals surface area contributed by atoms with Crippen LogP contribution in [0.1, 0.15) is 52.0 Å². The normalized spacial score (nSPS) is 13.7. The Hall–Kier alpha value is -3.44. The van der Waals surface area contributed by atoms with E-state index in [2.05, 4.69) is 37.5 Å². The highest BCUT2D eigenvalue weighted by molar-refractivity contribution is 5.49. The summed E-state index contributed by atoms with van der Waals surface area (Å²) >= 11 is 0. The Morgan fingerprint density at radius 3 is 2.45 bits per heavy atom. The fourth-order valence-corrected chi connectivity index (χ4v) is 4.94. The van der Waals surface area contributed by atoms with E-state index in [1.807, 2.05) is 59.3 Å². The molecule has 1 atom stereocenters. The van der Waals surface area contributed by atoms with Crippen molar-refractivity contribution in [2.45, 2.75) is 52.9 Å². The molecule has 1 aromatic heterocycles. The average Bonchev–Trinajstić information content (AvgIpc) is 3.39. The van der Waals surface area contributed by atoms with Gasteiger partial charge in [-0.1, -0.05) is 70.9 Å². The number of rotatable bonds is 6. The van der Waals surface area contributed by atoms with E-state index in [9.17, 15) is 5.11 Å². The van der Waals surface area contributed by atoms with Gasteiger partial charge in [-0.25, -0.2) is 4.57 Å². The number of hydrogen-bond donors (Lipinski definition) is 1. The van der Waals surface area contributed by atoms with Crippen molar-refractivity contribution in [3.05, 3.63) is 106 Å². The van der Waals surface area contributed by atoms with Gasteiger partial charge in [-0.15, -0.1) is 0 Å². The van der Waals surface area contributed by atoms with Crippen molar-refractivity contribution in [1.29, 1.82) is 0 Å². The summed E-state index contributed by atoms with van der Waals surface area (Å²) in [6, 6.07) is 22.2. The zero-order chi connectivity index (χ0) is 22.9. The van der Waals surface area contributed by atoms with Crippen LogP contribution in [0.5, 0.6) is 5.75 Å². The zero-order valence-corrected chi connectivity index (χ0v) is 19.5. The van der Waals surface area contributed by atoms with E-state index in [-0.39, 0.29) is 0 Å². The summed E-state index contributed by atoms with van der Waals surface area (Å²) in [6.45, 7) is 7.64. The molecule has 0 saturated carbocycles. The van der Waals surface area contributed by atoms with Crippen molar-refractivity contribution in [2.24, 2.45) is 0 Å². The molecule has 168 valence electrons. The van der Waals surface area contributed by atoms with Gasteiger partial charge in [0.2, 0.25) is 0 Å². The molecule has 1 aliphatic heterocycles. The van der Waals surface area contributed by atoms with Gasteiger partial charge in [-0.3, -0.25) is 0 Å². The molecule has 0 aliphatic carbocycles. The highest BCUT2D eigenvalue weighted by Gasteiger charge is 2.37. The van der Waals surface area contributed by atoms with Crippen LogP contribution in [-0.4, -0.2) is 14.9 Å². The smallest absolute Gasteiger partial charge is 0.278 e. The fraction of sp³-hybridized carbons (Fsp3) is 0.286. The molecular weight excluding hydrogens is 410 g/mol. The van der Waals surface area contributed by atoms with E-state index in [1.54, 1.807) is 0 Å². The number of aliphatic hydroxyl groups is 1. The van der Waals surface area contributed by atoms with Gasteiger partial charge in [0.05, 0.1) is 6.54 Å². The molecule has 5 heteroatoms. The number of para-hydroxylation sites is 1. The Balaban J connectivity index is 1.57. The maximum atomic E-state index is 11.7. The number of nitrogens with zero attached hydrogens (tertiary/aromatic N) is 3. The molecule has 1 N–H and O–H groups in total. The van der Waals surface area contributed by atoms with Gasteiger partial charge in [-0.05, 0) is 49.9 Å². The van der Waals surface area contributed by atoms with Gasteiger partial charge in [0.15, 0.2) is 6.10 Å². The predicted octanol–water partition coefficient (Wildman–Crippen LogP) is 4.69. The molecule has 0 saturated heterocycles. The molecule has 0 radical (unpaired) electrons. The molecule has 33 heavy (non-hydrogen) atoms. The lowest BCUT2D eigenvalue weighted by Gasteiger charge is -2.16. The number of aliphatic hydroxyl groups excluding tert-OH is 1. The third-order valence-electron chi connectivity index (χ3n) is 6.35. The highest BCUT2D eigenvalue weighted by atomic mass is 16.5. The number of aryl methyl sites for hydroxylation is 4. The number of fused-ring (bicyclic) bond motifs is 1. The summed E-state index contributed by atoms with van der Waals surface area (Å²) in [5.74, 6) is 2.49. The van der Waals surface area contributed by atoms with E-state index in [0.29, 0.717) is 12.4 Å². The largest absolute Gasteiger partial charge is 0.489 e. The maximum absolute atomic E-state index is 11.7. The van der Waals surface area contributed by atoms with Crippen molar-refractivity contribution >= 4 is 0 Å². The molecule has 1 unspecified atom stereocenters. The summed E-state index contributed by atoms with van der Waals surface area (Å²) in [4.78, 5) is 0. The second-order valence-electron chi connectivity index (χ2n) is 8.90. The Labute approximate surface area is 194 Å². The van der Waals surface area contributed by atoms with E-state index in [4.69, 9.17) is 9.84 Å². The third kappa shape index (κ3) is 4.05. The lowest BCUT2D eigenvalue weighted by Crippen LogP contribution is -2.38. The predicted molar refractivity (Wildman–Crippen MR) is 128 cm³/mol. The zero-order valence-electron chi connectivity index (χ0n) is 19.5. The first-order valence-electron chi connectivity index (χ1n) is 11.6. The van der Waals surface area contributed by atoms with Gasteiger partial charge in [0.25, 0.3) is 11.6 Å². The molecule has 1 aliphatic rings. The van der Waals surface area contributed by atoms with Crippen molar-refractivity contribution in [3.63, 3.8) is 0 Å². The minimum absolute atomic E-state index is 0.450. The van der Waals surface area contributed by atoms with E-state index in [1.165, 1.54) is 5.56 Å². The molecular formula is C28H30N3O2+. The second-order valence-corrected chi connectivity index (χ2v) is 8.90. The minimum atomic E-state index is -0.864. The van der Waals surface area contributed by atoms with Crippen molar-refractivity contribution in [3.8, 4) is 11.4 Å². The Bertz CT molecular complexity index is 1270. The molecule has 0 fully saturated rings. The van der Waals surface area contributed by atoms with Crippen molar-refractivity contribution in [2.75, 3.05) is 0 Å². The first-order valence-corrected chi connectivity index (χ1v) is 11.6. The summed E-state index contributed by atoms with van der Waals surface area (Å²) in [5, 5.41) is 16.7. The van der Waals surface area contributed by atoms with Gasteiger partial charge < -0.3 is 9.84 Å². The summed E-state index contributed by atoms with van der Waals surface area (Å²) in [5.41, 5.74) is 6.40. The lowest BCUT2D eigenvalue weighted by molar-refractivity contribution is -0.701. The Kier molecular flexibility index (Phi) is 5.73. The van der Waals surface area contributed by atoms with E-state index in [0.717, 1.165) is 59.0 Å². The van der Waals surface area contributed by atoms with E-state index < -0.39 is 6.10 Å². The van der Waals surface area contributed by atoms with Crippen LogP contribution in [0.25, 0.3) is 5.69 Å². The number of benzene rings is 3. The van der Waals surface area contributed by atoms with Crippen LogP contribution in [0.15, 0.2) is 66.7 Å². The monoisotopic (exact) mass is 440 g/mol. The first-order chi connectivity index (χ1) is 16.0. The minimum Gasteiger partial charge on any atom is -0.489 e. The molecule has 0 spiro atoms. The van der Waals surface area contributed by atoms with Gasteiger partial charge in [-0.2, -0.15) is 0 Å². The molecule has 0 bridgehead atoms. The van der Waals surface area contributed by atoms with Crippen LogP contribution < -0.4 is 9.30 Å². The SMILES string of the molecule is Cc1cc(C)c(-n2nc3[n+](c2C(O)c2ccccc2OCc2ccccc2)CCC3)c(C)c1. The molecule has 3 aromatic carbocycles. The van der Waals surface area contributed by atoms with E-state index >= 15 is 0 Å². The highest BCUT2D eigenvalue weighted by Crippen LogP contribution is 2.32. The quantitative estimate of drug-likeness (QED) is 0.443. The average molecular weight is 441 g/mol. The summed E-state index contributed by atoms with van der Waals surface area (Å²) < 4.78 is 10.3. The van der Waals surface area contributed by atoms with Crippen molar-refractivity contribution < 1.29 is 14.4 Å². The summed E-state index contributed by atoms with van der Waals surface area (Å²) in [7, 11) is 0. The van der Waals surface area contributed by atoms with Crippen molar-refractivity contribution in [1.82, 2.24) is 9.78 Å². The van der Waals surface area contributed by atoms with Crippen LogP contribution in [0.4, 0.5) is 0 Å². The molecule has 5 rings (SSSR count). The van der Waals surface area contributed by atoms with Gasteiger partial charge in [0, 0.05) is 17.1 Å². The number of aromatic nitrogens is 3. The molecule has 2 heterocycles. The molecule has 5 nitrogen and oxygen atoms in total. The van der Waals surface area contributed by atoms with Gasteiger partial charge in [0.1, 0.15) is 18.0 Å². The first kappa shape index (κ1) is 21.4. The second kappa shape index (κ2) is 8.83. The Morgan fingerprint density at radius 1 is 1.00 bits per heavy atom. The molecule has 0 amide bonds.